The van der Waals surface area contributed by atoms with Crippen molar-refractivity contribution in [1.29, 1.82) is 0 Å². The van der Waals surface area contributed by atoms with Crippen LogP contribution < -0.4 is 4.90 Å². The molecule has 0 atom stereocenters. The van der Waals surface area contributed by atoms with Gasteiger partial charge in [-0.15, -0.1) is 0 Å². The summed E-state index contributed by atoms with van der Waals surface area (Å²) in [7, 11) is 0. The molecule has 0 aliphatic carbocycles. The van der Waals surface area contributed by atoms with Crippen molar-refractivity contribution in [1.82, 2.24) is 4.98 Å². The summed E-state index contributed by atoms with van der Waals surface area (Å²) in [4.78, 5) is 6.67. The third kappa shape index (κ3) is 4.42. The fraction of sp³-hybridized carbons (Fsp3) is 0.261. The number of hydrogen-bond acceptors (Lipinski definition) is 2. The zero-order chi connectivity index (χ0) is 21.3. The van der Waals surface area contributed by atoms with Gasteiger partial charge in [0, 0.05) is 46.7 Å². The standard InChI is InChI=1S/C23H19Cl2F3N2/c24-18-10-16(11-19(25)12-18)21-14-29-13-20(22(21)30-8-2-1-3-9-30)15-4-6-17(7-5-15)23(26,27)28/h4-7,10-14H,1-3,8-9H2. The molecular weight excluding hydrogens is 432 g/mol. The van der Waals surface area contributed by atoms with Crippen LogP contribution in [0.15, 0.2) is 54.9 Å². The molecule has 4 rings (SSSR count). The molecule has 0 unspecified atom stereocenters. The fourth-order valence-electron chi connectivity index (χ4n) is 3.88. The van der Waals surface area contributed by atoms with E-state index in [2.05, 4.69) is 9.88 Å². The highest BCUT2D eigenvalue weighted by molar-refractivity contribution is 6.35. The van der Waals surface area contributed by atoms with Crippen LogP contribution in [0.5, 0.6) is 0 Å². The maximum Gasteiger partial charge on any atom is 0.416 e. The molecule has 1 aromatic heterocycles. The average molecular weight is 451 g/mol. The van der Waals surface area contributed by atoms with Gasteiger partial charge in [-0.3, -0.25) is 4.98 Å². The SMILES string of the molecule is FC(F)(F)c1ccc(-c2cncc(-c3cc(Cl)cc(Cl)c3)c2N2CCCCC2)cc1. The van der Waals surface area contributed by atoms with Crippen molar-refractivity contribution in [2.45, 2.75) is 25.4 Å². The lowest BCUT2D eigenvalue weighted by Gasteiger charge is -2.32. The highest BCUT2D eigenvalue weighted by atomic mass is 35.5. The van der Waals surface area contributed by atoms with Crippen LogP contribution in [-0.2, 0) is 6.18 Å². The van der Waals surface area contributed by atoms with Gasteiger partial charge in [0.15, 0.2) is 0 Å². The summed E-state index contributed by atoms with van der Waals surface area (Å²) >= 11 is 12.5. The Morgan fingerprint density at radius 2 is 1.33 bits per heavy atom. The molecule has 156 valence electrons. The van der Waals surface area contributed by atoms with Gasteiger partial charge in [0.25, 0.3) is 0 Å². The Labute approximate surface area is 183 Å². The van der Waals surface area contributed by atoms with Crippen LogP contribution in [-0.4, -0.2) is 18.1 Å². The summed E-state index contributed by atoms with van der Waals surface area (Å²) in [5, 5.41) is 1.03. The van der Waals surface area contributed by atoms with Gasteiger partial charge in [0.05, 0.1) is 11.3 Å². The van der Waals surface area contributed by atoms with Gasteiger partial charge in [-0.2, -0.15) is 13.2 Å². The van der Waals surface area contributed by atoms with Crippen molar-refractivity contribution in [3.8, 4) is 22.3 Å². The molecule has 0 bridgehead atoms. The summed E-state index contributed by atoms with van der Waals surface area (Å²) in [6.07, 6.45) is 2.39. The summed E-state index contributed by atoms with van der Waals surface area (Å²) in [6.45, 7) is 1.75. The van der Waals surface area contributed by atoms with E-state index in [9.17, 15) is 13.2 Å². The quantitative estimate of drug-likeness (QED) is 0.405. The minimum absolute atomic E-state index is 0.516. The Morgan fingerprint density at radius 1 is 0.767 bits per heavy atom. The maximum atomic E-state index is 13.0. The molecule has 7 heteroatoms. The predicted octanol–water partition coefficient (Wildman–Crippen LogP) is 7.73. The Balaban J connectivity index is 1.88. The Hall–Kier alpha value is -2.24. The number of aromatic nitrogens is 1. The Morgan fingerprint density at radius 3 is 1.90 bits per heavy atom. The fourth-order valence-corrected chi connectivity index (χ4v) is 4.41. The smallest absolute Gasteiger partial charge is 0.370 e. The molecule has 0 N–H and O–H groups in total. The zero-order valence-electron chi connectivity index (χ0n) is 16.0. The molecule has 0 saturated carbocycles. The molecule has 30 heavy (non-hydrogen) atoms. The van der Waals surface area contributed by atoms with Crippen molar-refractivity contribution in [3.63, 3.8) is 0 Å². The van der Waals surface area contributed by atoms with E-state index in [4.69, 9.17) is 23.2 Å². The van der Waals surface area contributed by atoms with Gasteiger partial charge in [-0.1, -0.05) is 35.3 Å². The maximum absolute atomic E-state index is 13.0. The second-order valence-corrected chi connectivity index (χ2v) is 8.24. The van der Waals surface area contributed by atoms with E-state index in [-0.39, 0.29) is 0 Å². The second-order valence-electron chi connectivity index (χ2n) is 7.36. The molecule has 3 aromatic rings. The van der Waals surface area contributed by atoms with Gasteiger partial charge in [-0.05, 0) is 60.7 Å². The second kappa shape index (κ2) is 8.48. The topological polar surface area (TPSA) is 16.1 Å². The van der Waals surface area contributed by atoms with Crippen molar-refractivity contribution >= 4 is 28.9 Å². The van der Waals surface area contributed by atoms with Crippen LogP contribution in [0.3, 0.4) is 0 Å². The summed E-state index contributed by atoms with van der Waals surface area (Å²) in [6, 6.07) is 10.5. The third-order valence-electron chi connectivity index (χ3n) is 5.29. The van der Waals surface area contributed by atoms with Crippen LogP contribution in [0, 0.1) is 0 Å². The first-order valence-electron chi connectivity index (χ1n) is 9.70. The molecule has 1 fully saturated rings. The number of nitrogens with zero attached hydrogens (tertiary/aromatic N) is 2. The highest BCUT2D eigenvalue weighted by Crippen LogP contribution is 2.42. The number of anilines is 1. The normalized spacial score (nSPS) is 14.8. The van der Waals surface area contributed by atoms with E-state index in [1.807, 2.05) is 12.1 Å². The number of halogens is 5. The molecule has 0 amide bonds. The van der Waals surface area contributed by atoms with Crippen molar-refractivity contribution < 1.29 is 13.2 Å². The Kier molecular flexibility index (Phi) is 5.94. The van der Waals surface area contributed by atoms with Crippen molar-refractivity contribution in [2.75, 3.05) is 18.0 Å². The molecular formula is C23H19Cl2F3N2. The van der Waals surface area contributed by atoms with E-state index in [1.165, 1.54) is 12.1 Å². The lowest BCUT2D eigenvalue weighted by atomic mass is 9.96. The van der Waals surface area contributed by atoms with E-state index in [1.54, 1.807) is 18.5 Å². The van der Waals surface area contributed by atoms with Crippen LogP contribution in [0.1, 0.15) is 24.8 Å². The largest absolute Gasteiger partial charge is 0.416 e. The van der Waals surface area contributed by atoms with Crippen molar-refractivity contribution in [3.05, 3.63) is 70.5 Å². The first kappa shape index (κ1) is 21.0. The lowest BCUT2D eigenvalue weighted by Crippen LogP contribution is -2.30. The molecule has 2 nitrogen and oxygen atoms in total. The van der Waals surface area contributed by atoms with E-state index < -0.39 is 11.7 Å². The molecule has 1 aliphatic heterocycles. The molecule has 0 radical (unpaired) electrons. The summed E-state index contributed by atoms with van der Waals surface area (Å²) in [5.74, 6) is 0. The first-order chi connectivity index (χ1) is 14.3. The minimum Gasteiger partial charge on any atom is -0.370 e. The predicted molar refractivity (Wildman–Crippen MR) is 116 cm³/mol. The highest BCUT2D eigenvalue weighted by Gasteiger charge is 2.30. The zero-order valence-corrected chi connectivity index (χ0v) is 17.5. The van der Waals surface area contributed by atoms with Crippen LogP contribution in [0.25, 0.3) is 22.3 Å². The van der Waals surface area contributed by atoms with E-state index >= 15 is 0 Å². The minimum atomic E-state index is -4.37. The molecule has 2 aromatic carbocycles. The number of rotatable bonds is 3. The number of hydrogen-bond donors (Lipinski definition) is 0. The summed E-state index contributed by atoms with van der Waals surface area (Å²) in [5.41, 5.74) is 3.44. The molecule has 2 heterocycles. The van der Waals surface area contributed by atoms with Gasteiger partial charge < -0.3 is 4.90 Å². The number of piperidine rings is 1. The number of benzene rings is 2. The first-order valence-corrected chi connectivity index (χ1v) is 10.5. The van der Waals surface area contributed by atoms with Gasteiger partial charge in [0.2, 0.25) is 0 Å². The van der Waals surface area contributed by atoms with Crippen LogP contribution in [0.2, 0.25) is 10.0 Å². The average Bonchev–Trinajstić information content (AvgIpc) is 2.72. The summed E-state index contributed by atoms with van der Waals surface area (Å²) < 4.78 is 39.0. The molecule has 1 aliphatic rings. The van der Waals surface area contributed by atoms with Crippen molar-refractivity contribution in [2.24, 2.45) is 0 Å². The lowest BCUT2D eigenvalue weighted by molar-refractivity contribution is -0.137. The number of alkyl halides is 3. The van der Waals surface area contributed by atoms with Crippen LogP contribution in [0.4, 0.5) is 18.9 Å². The number of pyridine rings is 1. The van der Waals surface area contributed by atoms with Gasteiger partial charge in [-0.25, -0.2) is 0 Å². The monoisotopic (exact) mass is 450 g/mol. The third-order valence-corrected chi connectivity index (χ3v) is 5.72. The van der Waals surface area contributed by atoms with E-state index in [0.29, 0.717) is 15.6 Å². The van der Waals surface area contributed by atoms with Gasteiger partial charge in [0.1, 0.15) is 0 Å². The molecule has 1 saturated heterocycles. The van der Waals surface area contributed by atoms with E-state index in [0.717, 1.165) is 66.9 Å². The molecule has 0 spiro atoms. The van der Waals surface area contributed by atoms with Crippen LogP contribution >= 0.6 is 23.2 Å². The van der Waals surface area contributed by atoms with Gasteiger partial charge >= 0.3 is 6.18 Å². The Bertz CT molecular complexity index is 1020.